The number of hydrogen-bond acceptors (Lipinski definition) is 4. The van der Waals surface area contributed by atoms with Gasteiger partial charge in [0.05, 0.1) is 6.61 Å². The van der Waals surface area contributed by atoms with Gasteiger partial charge in [-0.15, -0.1) is 0 Å². The largest absolute Gasteiger partial charge is 0.393 e. The quantitative estimate of drug-likeness (QED) is 0.572. The van der Waals surface area contributed by atoms with E-state index in [0.717, 1.165) is 6.42 Å². The van der Waals surface area contributed by atoms with Crippen molar-refractivity contribution in [3.8, 4) is 0 Å². The van der Waals surface area contributed by atoms with Crippen LogP contribution >= 0.6 is 0 Å². The minimum atomic E-state index is -0.970. The first kappa shape index (κ1) is 11.3. The Bertz CT molecular complexity index is 164. The summed E-state index contributed by atoms with van der Waals surface area (Å²) in [5, 5.41) is 8.67. The van der Waals surface area contributed by atoms with Gasteiger partial charge in [0, 0.05) is 13.5 Å². The first-order chi connectivity index (χ1) is 5.63. The molecule has 0 aliphatic carbocycles. The second-order valence-corrected chi connectivity index (χ2v) is 2.46. The average molecular weight is 174 g/mol. The highest BCUT2D eigenvalue weighted by Gasteiger charge is 2.21. The van der Waals surface area contributed by atoms with Crippen molar-refractivity contribution in [3.63, 3.8) is 0 Å². The molecule has 0 heterocycles. The summed E-state index contributed by atoms with van der Waals surface area (Å²) < 4.78 is 4.94. The third kappa shape index (κ3) is 3.59. The van der Waals surface area contributed by atoms with Gasteiger partial charge in [0.2, 0.25) is 5.78 Å². The van der Waals surface area contributed by atoms with E-state index in [4.69, 9.17) is 9.84 Å². The molecule has 0 aromatic carbocycles. The molecule has 1 unspecified atom stereocenters. The molecule has 0 aromatic rings. The second-order valence-electron chi connectivity index (χ2n) is 2.46. The maximum absolute atomic E-state index is 10.9. The molecule has 0 aromatic heterocycles. The molecule has 0 fully saturated rings. The van der Waals surface area contributed by atoms with Crippen LogP contribution in [0.15, 0.2) is 0 Å². The number of ether oxygens (including phenoxy) is 1. The van der Waals surface area contributed by atoms with E-state index in [9.17, 15) is 9.59 Å². The lowest BCUT2D eigenvalue weighted by atomic mass is 10.2. The summed E-state index contributed by atoms with van der Waals surface area (Å²) in [6.45, 7) is 3.00. The molecule has 0 aliphatic heterocycles. The molecule has 0 amide bonds. The lowest BCUT2D eigenvalue weighted by molar-refractivity contribution is -0.144. The van der Waals surface area contributed by atoms with E-state index < -0.39 is 24.3 Å². The number of hydrogen-bond donors (Lipinski definition) is 1. The second kappa shape index (κ2) is 5.85. The fraction of sp³-hybridized carbons (Fsp3) is 0.750. The minimum absolute atomic E-state index is 0.379. The fourth-order valence-electron chi connectivity index (χ4n) is 0.698. The van der Waals surface area contributed by atoms with Crippen LogP contribution in [0, 0.1) is 0 Å². The Labute approximate surface area is 71.5 Å². The predicted octanol–water partition coefficient (Wildman–Crippen LogP) is -0.0680. The number of aliphatic hydroxyl groups excluding tert-OH is 1. The molecule has 0 saturated heterocycles. The molecule has 12 heavy (non-hydrogen) atoms. The maximum Gasteiger partial charge on any atom is 0.229 e. The first-order valence-electron chi connectivity index (χ1n) is 3.90. The molecule has 0 saturated carbocycles. The Morgan fingerprint density at radius 3 is 2.42 bits per heavy atom. The topological polar surface area (TPSA) is 63.6 Å². The summed E-state index contributed by atoms with van der Waals surface area (Å²) in [5.41, 5.74) is 0. The van der Waals surface area contributed by atoms with Crippen LogP contribution in [-0.4, -0.2) is 36.0 Å². The van der Waals surface area contributed by atoms with Crippen molar-refractivity contribution < 1.29 is 19.4 Å². The zero-order valence-corrected chi connectivity index (χ0v) is 7.37. The summed E-state index contributed by atoms with van der Waals surface area (Å²) in [7, 11) is 0. The van der Waals surface area contributed by atoms with E-state index in [2.05, 4.69) is 0 Å². The highest BCUT2D eigenvalue weighted by atomic mass is 16.5. The van der Waals surface area contributed by atoms with Crippen LogP contribution in [0.2, 0.25) is 0 Å². The molecular weight excluding hydrogens is 160 g/mol. The van der Waals surface area contributed by atoms with Gasteiger partial charge in [0.25, 0.3) is 0 Å². The lowest BCUT2D eigenvalue weighted by Gasteiger charge is -2.11. The van der Waals surface area contributed by atoms with E-state index in [1.165, 1.54) is 6.92 Å². The van der Waals surface area contributed by atoms with E-state index >= 15 is 0 Å². The summed E-state index contributed by atoms with van der Waals surface area (Å²) in [6.07, 6.45) is -0.218. The molecule has 4 heteroatoms. The van der Waals surface area contributed by atoms with Crippen molar-refractivity contribution in [2.75, 3.05) is 13.2 Å². The van der Waals surface area contributed by atoms with Gasteiger partial charge in [0.15, 0.2) is 5.78 Å². The van der Waals surface area contributed by atoms with Crippen LogP contribution in [0.3, 0.4) is 0 Å². The van der Waals surface area contributed by atoms with E-state index in [0.29, 0.717) is 6.61 Å². The summed E-state index contributed by atoms with van der Waals surface area (Å²) in [6, 6.07) is 0. The highest BCUT2D eigenvalue weighted by molar-refractivity contribution is 6.38. The number of carbonyl (C=O) groups is 2. The van der Waals surface area contributed by atoms with Crippen molar-refractivity contribution in [3.05, 3.63) is 0 Å². The average Bonchev–Trinajstić information content (AvgIpc) is 2.05. The Morgan fingerprint density at radius 1 is 1.50 bits per heavy atom. The number of rotatable bonds is 6. The molecule has 0 bridgehead atoms. The molecule has 1 N–H and O–H groups in total. The van der Waals surface area contributed by atoms with Gasteiger partial charge in [-0.05, 0) is 6.42 Å². The number of aliphatic hydroxyl groups is 1. The Kier molecular flexibility index (Phi) is 5.49. The maximum atomic E-state index is 10.9. The van der Waals surface area contributed by atoms with Gasteiger partial charge in [-0.1, -0.05) is 6.92 Å². The van der Waals surface area contributed by atoms with Crippen LogP contribution in [0.25, 0.3) is 0 Å². The number of ketones is 2. The molecule has 0 spiro atoms. The summed E-state index contributed by atoms with van der Waals surface area (Å²) in [5.74, 6) is -1.24. The summed E-state index contributed by atoms with van der Waals surface area (Å²) >= 11 is 0. The predicted molar refractivity (Wildman–Crippen MR) is 42.8 cm³/mol. The molecule has 0 radical (unpaired) electrons. The van der Waals surface area contributed by atoms with Crippen molar-refractivity contribution >= 4 is 11.6 Å². The molecule has 0 rings (SSSR count). The van der Waals surface area contributed by atoms with Gasteiger partial charge < -0.3 is 9.84 Å². The zero-order chi connectivity index (χ0) is 9.56. The van der Waals surface area contributed by atoms with E-state index in [-0.39, 0.29) is 0 Å². The van der Waals surface area contributed by atoms with Crippen LogP contribution < -0.4 is 0 Å². The van der Waals surface area contributed by atoms with Crippen LogP contribution in [0.4, 0.5) is 0 Å². The van der Waals surface area contributed by atoms with Crippen LogP contribution in [0.1, 0.15) is 20.3 Å². The molecule has 4 nitrogen and oxygen atoms in total. The van der Waals surface area contributed by atoms with E-state index in [1.807, 2.05) is 6.92 Å². The third-order valence-electron chi connectivity index (χ3n) is 1.33. The molecule has 1 atom stereocenters. The van der Waals surface area contributed by atoms with Gasteiger partial charge in [-0.2, -0.15) is 0 Å². The molecular formula is C8H14O4. The van der Waals surface area contributed by atoms with Gasteiger partial charge in [-0.3, -0.25) is 9.59 Å². The molecule has 70 valence electrons. The minimum Gasteiger partial charge on any atom is -0.393 e. The molecule has 0 aliphatic rings. The Balaban J connectivity index is 3.96. The van der Waals surface area contributed by atoms with Crippen molar-refractivity contribution in [2.24, 2.45) is 0 Å². The standard InChI is InChI=1S/C8H14O4/c1-3-4-12-7(5-9)8(11)6(2)10/h7,9H,3-5H2,1-2H3. The normalized spacial score (nSPS) is 12.6. The smallest absolute Gasteiger partial charge is 0.229 e. The Morgan fingerprint density at radius 2 is 2.08 bits per heavy atom. The Hall–Kier alpha value is -0.740. The number of carbonyl (C=O) groups excluding carboxylic acids is 2. The third-order valence-corrected chi connectivity index (χ3v) is 1.33. The van der Waals surface area contributed by atoms with Gasteiger partial charge in [0.1, 0.15) is 6.10 Å². The van der Waals surface area contributed by atoms with Crippen molar-refractivity contribution in [2.45, 2.75) is 26.4 Å². The van der Waals surface area contributed by atoms with Gasteiger partial charge >= 0.3 is 0 Å². The van der Waals surface area contributed by atoms with Crippen molar-refractivity contribution in [1.29, 1.82) is 0 Å². The van der Waals surface area contributed by atoms with Crippen molar-refractivity contribution in [1.82, 2.24) is 0 Å². The monoisotopic (exact) mass is 174 g/mol. The first-order valence-corrected chi connectivity index (χ1v) is 3.90. The zero-order valence-electron chi connectivity index (χ0n) is 7.37. The van der Waals surface area contributed by atoms with E-state index in [1.54, 1.807) is 0 Å². The van der Waals surface area contributed by atoms with Gasteiger partial charge in [-0.25, -0.2) is 0 Å². The number of Topliss-reactive ketones (excluding diaryl/α,β-unsaturated/α-hetero) is 2. The summed E-state index contributed by atoms with van der Waals surface area (Å²) in [4.78, 5) is 21.5. The van der Waals surface area contributed by atoms with Crippen LogP contribution in [0.5, 0.6) is 0 Å². The highest BCUT2D eigenvalue weighted by Crippen LogP contribution is 1.95. The SMILES string of the molecule is CCCOC(CO)C(=O)C(C)=O. The fourth-order valence-corrected chi connectivity index (χ4v) is 0.698. The lowest BCUT2D eigenvalue weighted by Crippen LogP contribution is -2.32. The van der Waals surface area contributed by atoms with Crippen LogP contribution in [-0.2, 0) is 14.3 Å².